The maximum atomic E-state index is 12.9. The standard InChI is InChI=1S/C30H48O3/c1-25(2)11-15-30(24(31)32)16-14-28(5)22-9-10-26(3)19-18-33-20(19)7-8-21(26)27(22,4)12-13-29(28,6)23(30)17-25/h19-23H,7-18H2,1-6H3,(H,31,32)/t19-,20-,21-,22+,23+,26-,27+,28-,29+,30-/m1/s1. The molecule has 5 aliphatic carbocycles. The molecule has 3 nitrogen and oxygen atoms in total. The molecule has 33 heavy (non-hydrogen) atoms. The maximum Gasteiger partial charge on any atom is 0.309 e. The molecule has 0 radical (unpaired) electrons. The first-order valence-electron chi connectivity index (χ1n) is 14.2. The molecule has 3 heteroatoms. The first-order chi connectivity index (χ1) is 15.3. The highest BCUT2D eigenvalue weighted by Gasteiger charge is 2.73. The first kappa shape index (κ1) is 22.9. The van der Waals surface area contributed by atoms with Crippen LogP contribution in [0.2, 0.25) is 0 Å². The molecule has 0 bridgehead atoms. The van der Waals surface area contributed by atoms with Gasteiger partial charge in [-0.1, -0.05) is 41.5 Å². The summed E-state index contributed by atoms with van der Waals surface area (Å²) in [6.07, 6.45) is 13.4. The molecule has 186 valence electrons. The molecule has 6 rings (SSSR count). The fourth-order valence-corrected chi connectivity index (χ4v) is 11.8. The lowest BCUT2D eigenvalue weighted by Crippen LogP contribution is -2.70. The Morgan fingerprint density at radius 2 is 1.39 bits per heavy atom. The third-order valence-corrected chi connectivity index (χ3v) is 14.1. The largest absolute Gasteiger partial charge is 0.481 e. The Morgan fingerprint density at radius 3 is 2.06 bits per heavy atom. The Bertz CT molecular complexity index is 865. The average molecular weight is 457 g/mol. The van der Waals surface area contributed by atoms with E-state index in [1.165, 1.54) is 38.5 Å². The van der Waals surface area contributed by atoms with Gasteiger partial charge in [0.05, 0.1) is 18.1 Å². The van der Waals surface area contributed by atoms with E-state index in [4.69, 9.17) is 4.74 Å². The van der Waals surface area contributed by atoms with Crippen LogP contribution >= 0.6 is 0 Å². The summed E-state index contributed by atoms with van der Waals surface area (Å²) in [4.78, 5) is 12.9. The number of ether oxygens (including phenoxy) is 1. The summed E-state index contributed by atoms with van der Waals surface area (Å²) in [5.74, 6) is 2.15. The van der Waals surface area contributed by atoms with Gasteiger partial charge in [-0.3, -0.25) is 4.79 Å². The van der Waals surface area contributed by atoms with E-state index in [1.807, 2.05) is 0 Å². The lowest BCUT2D eigenvalue weighted by Gasteiger charge is -2.75. The predicted octanol–water partition coefficient (Wildman–Crippen LogP) is 7.33. The summed E-state index contributed by atoms with van der Waals surface area (Å²) in [6, 6.07) is 0. The van der Waals surface area contributed by atoms with Crippen molar-refractivity contribution < 1.29 is 14.6 Å². The van der Waals surface area contributed by atoms with Crippen molar-refractivity contribution >= 4 is 5.97 Å². The highest BCUT2D eigenvalue weighted by molar-refractivity contribution is 5.76. The Morgan fingerprint density at radius 1 is 0.727 bits per heavy atom. The molecule has 1 N–H and O–H groups in total. The number of fused-ring (bicyclic) bond motifs is 9. The summed E-state index contributed by atoms with van der Waals surface area (Å²) in [6.45, 7) is 16.3. The summed E-state index contributed by atoms with van der Waals surface area (Å²) in [5.41, 5.74) is 1.01. The molecule has 0 unspecified atom stereocenters. The SMILES string of the molecule is CC1(C)CC[C@@]2(C(=O)O)CC[C@]3(C)[C@H]4CC[C@@]5(C)[C@@H](CC[C@H]6OC[C@H]65)[C@]4(C)CC[C@@]3(C)[C@@H]2C1. The Balaban J connectivity index is 1.40. The first-order valence-corrected chi connectivity index (χ1v) is 14.2. The molecule has 0 spiro atoms. The molecule has 0 amide bonds. The fraction of sp³-hybridized carbons (Fsp3) is 0.967. The van der Waals surface area contributed by atoms with Crippen LogP contribution in [0, 0.1) is 56.2 Å². The van der Waals surface area contributed by atoms with Gasteiger partial charge in [0.25, 0.3) is 0 Å². The zero-order valence-corrected chi connectivity index (χ0v) is 22.1. The van der Waals surface area contributed by atoms with Gasteiger partial charge < -0.3 is 9.84 Å². The quantitative estimate of drug-likeness (QED) is 0.449. The molecule has 6 aliphatic rings. The van der Waals surface area contributed by atoms with Gasteiger partial charge in [0, 0.05) is 5.92 Å². The van der Waals surface area contributed by atoms with Crippen molar-refractivity contribution in [1.82, 2.24) is 0 Å². The van der Waals surface area contributed by atoms with Crippen molar-refractivity contribution in [2.75, 3.05) is 6.61 Å². The van der Waals surface area contributed by atoms with Gasteiger partial charge in [-0.05, 0) is 115 Å². The van der Waals surface area contributed by atoms with Crippen LogP contribution < -0.4 is 0 Å². The van der Waals surface area contributed by atoms with Crippen LogP contribution in [0.25, 0.3) is 0 Å². The summed E-state index contributed by atoms with van der Waals surface area (Å²) in [5, 5.41) is 10.6. The number of carboxylic acids is 1. The highest BCUT2D eigenvalue weighted by Crippen LogP contribution is 2.78. The van der Waals surface area contributed by atoms with E-state index in [1.54, 1.807) is 0 Å². The molecule has 0 aromatic rings. The molecule has 0 aromatic heterocycles. The van der Waals surface area contributed by atoms with Gasteiger partial charge in [-0.25, -0.2) is 0 Å². The van der Waals surface area contributed by atoms with Crippen LogP contribution in [-0.2, 0) is 9.53 Å². The van der Waals surface area contributed by atoms with Crippen molar-refractivity contribution in [2.45, 2.75) is 118 Å². The lowest BCUT2D eigenvalue weighted by molar-refractivity contribution is -0.288. The molecular weight excluding hydrogens is 408 g/mol. The van der Waals surface area contributed by atoms with E-state index in [0.29, 0.717) is 22.9 Å². The lowest BCUT2D eigenvalue weighted by atomic mass is 9.30. The molecule has 1 heterocycles. The molecule has 0 aromatic carbocycles. The molecule has 6 fully saturated rings. The van der Waals surface area contributed by atoms with Crippen molar-refractivity contribution in [2.24, 2.45) is 56.2 Å². The number of rotatable bonds is 1. The molecule has 1 saturated heterocycles. The fourth-order valence-electron chi connectivity index (χ4n) is 11.8. The monoisotopic (exact) mass is 456 g/mol. The van der Waals surface area contributed by atoms with E-state index in [-0.39, 0.29) is 16.2 Å². The van der Waals surface area contributed by atoms with E-state index in [2.05, 4.69) is 41.5 Å². The smallest absolute Gasteiger partial charge is 0.309 e. The van der Waals surface area contributed by atoms with Crippen LogP contribution in [0.5, 0.6) is 0 Å². The molecule has 1 aliphatic heterocycles. The molecule has 10 atom stereocenters. The van der Waals surface area contributed by atoms with E-state index < -0.39 is 11.4 Å². The van der Waals surface area contributed by atoms with Crippen molar-refractivity contribution in [3.63, 3.8) is 0 Å². The second-order valence-corrected chi connectivity index (χ2v) is 15.4. The van der Waals surface area contributed by atoms with Gasteiger partial charge in [-0.2, -0.15) is 0 Å². The van der Waals surface area contributed by atoms with Crippen molar-refractivity contribution in [3.05, 3.63) is 0 Å². The molecular formula is C30H48O3. The van der Waals surface area contributed by atoms with Crippen molar-refractivity contribution in [1.29, 1.82) is 0 Å². The average Bonchev–Trinajstić information content (AvgIpc) is 2.70. The predicted molar refractivity (Wildman–Crippen MR) is 131 cm³/mol. The minimum absolute atomic E-state index is 0.135. The second kappa shape index (κ2) is 6.60. The van der Waals surface area contributed by atoms with Gasteiger partial charge in [0.2, 0.25) is 0 Å². The summed E-state index contributed by atoms with van der Waals surface area (Å²) in [7, 11) is 0. The molecule has 5 saturated carbocycles. The van der Waals surface area contributed by atoms with Gasteiger partial charge in [0.15, 0.2) is 0 Å². The third-order valence-electron chi connectivity index (χ3n) is 14.1. The Kier molecular flexibility index (Phi) is 4.57. The van der Waals surface area contributed by atoms with Crippen LogP contribution in [0.1, 0.15) is 112 Å². The van der Waals surface area contributed by atoms with Gasteiger partial charge in [-0.15, -0.1) is 0 Å². The normalized spacial score (nSPS) is 59.0. The number of hydrogen-bond donors (Lipinski definition) is 1. The van der Waals surface area contributed by atoms with Gasteiger partial charge >= 0.3 is 5.97 Å². The zero-order valence-electron chi connectivity index (χ0n) is 22.1. The highest BCUT2D eigenvalue weighted by atomic mass is 16.5. The van der Waals surface area contributed by atoms with Crippen LogP contribution in [0.15, 0.2) is 0 Å². The van der Waals surface area contributed by atoms with Crippen LogP contribution in [0.4, 0.5) is 0 Å². The summed E-state index contributed by atoms with van der Waals surface area (Å²) < 4.78 is 6.00. The number of carboxylic acid groups (broad SMARTS) is 1. The third kappa shape index (κ3) is 2.59. The Labute approximate surface area is 201 Å². The van der Waals surface area contributed by atoms with Crippen molar-refractivity contribution in [3.8, 4) is 0 Å². The van der Waals surface area contributed by atoms with E-state index in [9.17, 15) is 9.90 Å². The Hall–Kier alpha value is -0.570. The zero-order chi connectivity index (χ0) is 23.7. The number of aliphatic carboxylic acids is 1. The summed E-state index contributed by atoms with van der Waals surface area (Å²) >= 11 is 0. The number of hydrogen-bond acceptors (Lipinski definition) is 2. The van der Waals surface area contributed by atoms with E-state index >= 15 is 0 Å². The van der Waals surface area contributed by atoms with E-state index in [0.717, 1.165) is 56.5 Å². The minimum atomic E-state index is -0.487. The van der Waals surface area contributed by atoms with Crippen LogP contribution in [-0.4, -0.2) is 23.8 Å². The topological polar surface area (TPSA) is 46.5 Å². The number of carbonyl (C=O) groups is 1. The van der Waals surface area contributed by atoms with Gasteiger partial charge in [0.1, 0.15) is 0 Å². The minimum Gasteiger partial charge on any atom is -0.481 e. The van der Waals surface area contributed by atoms with Crippen LogP contribution in [0.3, 0.4) is 0 Å². The second-order valence-electron chi connectivity index (χ2n) is 15.4. The maximum absolute atomic E-state index is 12.9.